The topological polar surface area (TPSA) is 65.7 Å². The van der Waals surface area contributed by atoms with Crippen molar-refractivity contribution in [1.82, 2.24) is 9.55 Å². The molecule has 0 saturated carbocycles. The summed E-state index contributed by atoms with van der Waals surface area (Å²) in [6.07, 6.45) is 2.42. The molecule has 180 valence electrons. The van der Waals surface area contributed by atoms with Crippen LogP contribution in [0.3, 0.4) is 0 Å². The van der Waals surface area contributed by atoms with Gasteiger partial charge in [0.05, 0.1) is 43.0 Å². The molecule has 0 atom stereocenters. The molecule has 0 amide bonds. The van der Waals surface area contributed by atoms with E-state index in [-0.39, 0.29) is 17.4 Å². The number of esters is 1. The van der Waals surface area contributed by atoms with E-state index in [0.29, 0.717) is 35.9 Å². The number of aliphatic imine (C=N–C) groups is 1. The number of fused-ring (bicyclic) bond motifs is 3. The van der Waals surface area contributed by atoms with Crippen LogP contribution in [0, 0.1) is 5.82 Å². The van der Waals surface area contributed by atoms with E-state index in [9.17, 15) is 9.18 Å². The summed E-state index contributed by atoms with van der Waals surface area (Å²) in [5.41, 5.74) is 3.25. The third-order valence-electron chi connectivity index (χ3n) is 4.98. The number of aromatic nitrogens is 2. The zero-order valence-electron chi connectivity index (χ0n) is 20.1. The van der Waals surface area contributed by atoms with Crippen molar-refractivity contribution in [3.63, 3.8) is 0 Å². The largest absolute Gasteiger partial charge is 0.469 e. The van der Waals surface area contributed by atoms with E-state index in [0.717, 1.165) is 22.8 Å². The van der Waals surface area contributed by atoms with Gasteiger partial charge >= 0.3 is 5.97 Å². The standard InChI is InChI=1S/C22H21ClFN3O.C4H8O2/c1-22(2,3)28-13-15-12-27-19-9-8-14(23)10-17(19)21(25-11-20(27)26-15)16-6-4-5-7-18(16)24;1-3-4(5)6-2/h4-10,12H,11,13H2,1-3H3;3H2,1-2H3. The summed E-state index contributed by atoms with van der Waals surface area (Å²) in [4.78, 5) is 19.3. The van der Waals surface area contributed by atoms with Crippen molar-refractivity contribution in [2.45, 2.75) is 52.9 Å². The lowest BCUT2D eigenvalue weighted by molar-refractivity contribution is -0.140. The molecule has 0 aliphatic carbocycles. The Hall–Kier alpha value is -3.03. The Morgan fingerprint density at radius 2 is 1.91 bits per heavy atom. The first kappa shape index (κ1) is 25.6. The van der Waals surface area contributed by atoms with Gasteiger partial charge in [0, 0.05) is 28.8 Å². The van der Waals surface area contributed by atoms with E-state index >= 15 is 0 Å². The number of halogens is 2. The number of carbonyl (C=O) groups is 1. The maximum absolute atomic E-state index is 14.5. The van der Waals surface area contributed by atoms with Gasteiger partial charge in [0.1, 0.15) is 11.6 Å². The molecule has 34 heavy (non-hydrogen) atoms. The van der Waals surface area contributed by atoms with Gasteiger partial charge in [-0.15, -0.1) is 0 Å². The van der Waals surface area contributed by atoms with Gasteiger partial charge in [-0.2, -0.15) is 0 Å². The van der Waals surface area contributed by atoms with Crippen LogP contribution >= 0.6 is 11.6 Å². The molecule has 0 fully saturated rings. The molecule has 2 heterocycles. The smallest absolute Gasteiger partial charge is 0.305 e. The summed E-state index contributed by atoms with van der Waals surface area (Å²) in [6.45, 7) is 8.54. The molecule has 0 unspecified atom stereocenters. The molecule has 1 aliphatic heterocycles. The first-order valence-electron chi connectivity index (χ1n) is 11.0. The summed E-state index contributed by atoms with van der Waals surface area (Å²) >= 11 is 6.26. The van der Waals surface area contributed by atoms with Gasteiger partial charge in [-0.3, -0.25) is 9.79 Å². The van der Waals surface area contributed by atoms with Crippen LogP contribution < -0.4 is 0 Å². The predicted molar refractivity (Wildman–Crippen MR) is 131 cm³/mol. The Balaban J connectivity index is 0.000000481. The molecular weight excluding hydrogens is 457 g/mol. The van der Waals surface area contributed by atoms with Crippen molar-refractivity contribution in [3.05, 3.63) is 82.1 Å². The molecule has 1 aliphatic rings. The second-order valence-corrected chi connectivity index (χ2v) is 9.09. The highest BCUT2D eigenvalue weighted by Gasteiger charge is 2.23. The summed E-state index contributed by atoms with van der Waals surface area (Å²) in [5, 5.41) is 0.572. The highest BCUT2D eigenvalue weighted by Crippen LogP contribution is 2.29. The van der Waals surface area contributed by atoms with Gasteiger partial charge in [0.2, 0.25) is 0 Å². The molecule has 3 aromatic rings. The van der Waals surface area contributed by atoms with Crippen LogP contribution in [0.4, 0.5) is 4.39 Å². The SMILES string of the molecule is CC(C)(C)OCc1cn2c(n1)CN=C(c1ccccc1F)c1cc(Cl)ccc1-2.CCC(=O)OC. The lowest BCUT2D eigenvalue weighted by atomic mass is 10.00. The van der Waals surface area contributed by atoms with Crippen molar-refractivity contribution in [2.75, 3.05) is 7.11 Å². The Morgan fingerprint density at radius 1 is 1.18 bits per heavy atom. The fourth-order valence-corrected chi connectivity index (χ4v) is 3.50. The maximum Gasteiger partial charge on any atom is 0.305 e. The van der Waals surface area contributed by atoms with E-state index in [1.54, 1.807) is 25.1 Å². The minimum absolute atomic E-state index is 0.157. The van der Waals surface area contributed by atoms with Crippen molar-refractivity contribution >= 4 is 23.3 Å². The molecule has 0 saturated heterocycles. The maximum atomic E-state index is 14.5. The Morgan fingerprint density at radius 3 is 2.53 bits per heavy atom. The van der Waals surface area contributed by atoms with Gasteiger partial charge in [0.15, 0.2) is 0 Å². The van der Waals surface area contributed by atoms with Gasteiger partial charge < -0.3 is 14.0 Å². The number of benzene rings is 2. The second kappa shape index (κ2) is 10.9. The fraction of sp³-hybridized carbons (Fsp3) is 0.346. The first-order chi connectivity index (χ1) is 16.1. The number of ether oxygens (including phenoxy) is 2. The highest BCUT2D eigenvalue weighted by atomic mass is 35.5. The summed E-state index contributed by atoms with van der Waals surface area (Å²) < 4.78 is 26.6. The molecule has 0 N–H and O–H groups in total. The van der Waals surface area contributed by atoms with Gasteiger partial charge in [0.25, 0.3) is 0 Å². The van der Waals surface area contributed by atoms with Gasteiger partial charge in [-0.1, -0.05) is 30.7 Å². The van der Waals surface area contributed by atoms with E-state index in [2.05, 4.69) is 9.72 Å². The number of rotatable bonds is 4. The fourth-order valence-electron chi connectivity index (χ4n) is 3.32. The normalized spacial score (nSPS) is 12.5. The van der Waals surface area contributed by atoms with Gasteiger partial charge in [-0.25, -0.2) is 9.37 Å². The monoisotopic (exact) mass is 485 g/mol. The minimum atomic E-state index is -0.314. The number of carbonyl (C=O) groups excluding carboxylic acids is 1. The zero-order valence-corrected chi connectivity index (χ0v) is 20.8. The molecule has 8 heteroatoms. The predicted octanol–water partition coefficient (Wildman–Crippen LogP) is 5.90. The average molecular weight is 486 g/mol. The molecular formula is C26H29ClFN3O3. The lowest BCUT2D eigenvalue weighted by Crippen LogP contribution is -2.18. The molecule has 4 rings (SSSR count). The van der Waals surface area contributed by atoms with Crippen LogP contribution in [0.1, 0.15) is 56.8 Å². The van der Waals surface area contributed by atoms with Gasteiger partial charge in [-0.05, 0) is 51.1 Å². The molecule has 0 bridgehead atoms. The zero-order chi connectivity index (χ0) is 24.9. The number of imidazole rings is 1. The number of methoxy groups -OCH3 is 1. The van der Waals surface area contributed by atoms with Crippen molar-refractivity contribution in [2.24, 2.45) is 4.99 Å². The van der Waals surface area contributed by atoms with E-state index in [4.69, 9.17) is 21.3 Å². The van der Waals surface area contributed by atoms with Crippen LogP contribution in [0.5, 0.6) is 0 Å². The number of nitrogens with zero attached hydrogens (tertiary/aromatic N) is 3. The summed E-state index contributed by atoms with van der Waals surface area (Å²) in [7, 11) is 1.38. The number of hydrogen-bond donors (Lipinski definition) is 0. The van der Waals surface area contributed by atoms with Crippen LogP contribution in [-0.2, 0) is 27.4 Å². The van der Waals surface area contributed by atoms with Crippen LogP contribution in [0.15, 0.2) is 53.7 Å². The third kappa shape index (κ3) is 6.30. The molecule has 0 radical (unpaired) electrons. The van der Waals surface area contributed by atoms with E-state index in [1.807, 2.05) is 49.7 Å². The Kier molecular flexibility index (Phi) is 8.23. The highest BCUT2D eigenvalue weighted by molar-refractivity contribution is 6.31. The van der Waals surface area contributed by atoms with Crippen LogP contribution in [0.25, 0.3) is 5.69 Å². The molecule has 0 spiro atoms. The van der Waals surface area contributed by atoms with Crippen molar-refractivity contribution in [1.29, 1.82) is 0 Å². The quantitative estimate of drug-likeness (QED) is 0.431. The summed E-state index contributed by atoms with van der Waals surface area (Å²) in [6, 6.07) is 12.2. The minimum Gasteiger partial charge on any atom is -0.469 e. The first-order valence-corrected chi connectivity index (χ1v) is 11.4. The van der Waals surface area contributed by atoms with Crippen molar-refractivity contribution < 1.29 is 18.7 Å². The summed E-state index contributed by atoms with van der Waals surface area (Å²) in [5.74, 6) is 0.309. The number of hydrogen-bond acceptors (Lipinski definition) is 5. The van der Waals surface area contributed by atoms with E-state index < -0.39 is 0 Å². The molecule has 1 aromatic heterocycles. The lowest BCUT2D eigenvalue weighted by Gasteiger charge is -2.18. The molecule has 2 aromatic carbocycles. The second-order valence-electron chi connectivity index (χ2n) is 8.66. The third-order valence-corrected chi connectivity index (χ3v) is 5.21. The average Bonchev–Trinajstić information content (AvgIpc) is 3.15. The Bertz CT molecular complexity index is 1190. The van der Waals surface area contributed by atoms with Crippen LogP contribution in [-0.4, -0.2) is 33.9 Å². The van der Waals surface area contributed by atoms with Crippen LogP contribution in [0.2, 0.25) is 5.02 Å². The Labute approximate surface area is 204 Å². The molecule has 6 nitrogen and oxygen atoms in total. The van der Waals surface area contributed by atoms with Crippen molar-refractivity contribution in [3.8, 4) is 5.69 Å². The van der Waals surface area contributed by atoms with E-state index in [1.165, 1.54) is 13.2 Å².